The molecule has 1 fully saturated rings. The average Bonchev–Trinajstić information content (AvgIpc) is 2.82. The molecule has 92 valence electrons. The number of aliphatic hydroxyl groups excluding tert-OH is 1. The Kier molecular flexibility index (Phi) is 4.15. The van der Waals surface area contributed by atoms with Crippen molar-refractivity contribution >= 4 is 11.6 Å². The number of aliphatic hydroxyl groups is 1. The van der Waals surface area contributed by atoms with E-state index in [0.29, 0.717) is 12.3 Å². The molecule has 3 nitrogen and oxygen atoms in total. The number of hydrogen-bond donors (Lipinski definition) is 2. The second-order valence-electron chi connectivity index (χ2n) is 4.76. The average molecular weight is 233 g/mol. The molecule has 0 aliphatic heterocycles. The van der Waals surface area contributed by atoms with Crippen molar-refractivity contribution in [2.24, 2.45) is 5.92 Å². The monoisotopic (exact) mass is 233 g/mol. The van der Waals surface area contributed by atoms with Crippen LogP contribution in [0, 0.1) is 5.92 Å². The summed E-state index contributed by atoms with van der Waals surface area (Å²) < 4.78 is 0. The third-order valence-corrected chi connectivity index (χ3v) is 3.37. The first-order valence-corrected chi connectivity index (χ1v) is 6.27. The summed E-state index contributed by atoms with van der Waals surface area (Å²) in [5.74, 6) is 0.681. The minimum Gasteiger partial charge on any atom is -0.392 e. The fourth-order valence-electron chi connectivity index (χ4n) is 2.38. The van der Waals surface area contributed by atoms with Gasteiger partial charge in [0.2, 0.25) is 5.91 Å². The van der Waals surface area contributed by atoms with Gasteiger partial charge in [-0.05, 0) is 36.5 Å². The van der Waals surface area contributed by atoms with Crippen LogP contribution in [0.5, 0.6) is 0 Å². The van der Waals surface area contributed by atoms with Crippen molar-refractivity contribution in [3.63, 3.8) is 0 Å². The number of nitrogens with one attached hydrogen (secondary N) is 1. The zero-order valence-corrected chi connectivity index (χ0v) is 9.98. The molecular formula is C14H19NO2. The maximum Gasteiger partial charge on any atom is 0.224 e. The highest BCUT2D eigenvalue weighted by molar-refractivity contribution is 5.90. The molecule has 1 aliphatic carbocycles. The normalized spacial score (nSPS) is 16.1. The zero-order valence-electron chi connectivity index (χ0n) is 9.98. The minimum absolute atomic E-state index is 0.0380. The Morgan fingerprint density at radius 3 is 2.47 bits per heavy atom. The SMILES string of the molecule is O=C(CC1CCCC1)Nc1ccc(CO)cc1. The number of amides is 1. The first-order valence-electron chi connectivity index (χ1n) is 6.27. The molecule has 0 spiro atoms. The molecule has 0 radical (unpaired) electrons. The summed E-state index contributed by atoms with van der Waals surface area (Å²) in [6, 6.07) is 7.31. The summed E-state index contributed by atoms with van der Waals surface area (Å²) in [5, 5.41) is 11.8. The van der Waals surface area contributed by atoms with Gasteiger partial charge >= 0.3 is 0 Å². The van der Waals surface area contributed by atoms with Gasteiger partial charge in [0.1, 0.15) is 0 Å². The molecule has 2 N–H and O–H groups in total. The third kappa shape index (κ3) is 3.56. The Morgan fingerprint density at radius 2 is 1.88 bits per heavy atom. The predicted octanol–water partition coefficient (Wildman–Crippen LogP) is 2.70. The Hall–Kier alpha value is -1.35. The van der Waals surface area contributed by atoms with E-state index in [4.69, 9.17) is 5.11 Å². The molecule has 2 rings (SSSR count). The van der Waals surface area contributed by atoms with E-state index in [0.717, 1.165) is 11.3 Å². The van der Waals surface area contributed by atoms with Crippen molar-refractivity contribution in [3.8, 4) is 0 Å². The summed E-state index contributed by atoms with van der Waals surface area (Å²) in [6.45, 7) is 0.0380. The molecule has 17 heavy (non-hydrogen) atoms. The van der Waals surface area contributed by atoms with Gasteiger partial charge in [0, 0.05) is 12.1 Å². The van der Waals surface area contributed by atoms with Gasteiger partial charge in [0.15, 0.2) is 0 Å². The molecule has 0 aromatic heterocycles. The van der Waals surface area contributed by atoms with Crippen LogP contribution >= 0.6 is 0 Å². The lowest BCUT2D eigenvalue weighted by Gasteiger charge is -2.09. The number of benzene rings is 1. The van der Waals surface area contributed by atoms with Crippen molar-refractivity contribution in [1.29, 1.82) is 0 Å². The van der Waals surface area contributed by atoms with E-state index in [1.54, 1.807) is 0 Å². The summed E-state index contributed by atoms with van der Waals surface area (Å²) >= 11 is 0. The molecule has 3 heteroatoms. The van der Waals surface area contributed by atoms with Crippen LogP contribution < -0.4 is 5.32 Å². The predicted molar refractivity (Wildman–Crippen MR) is 67.6 cm³/mol. The van der Waals surface area contributed by atoms with Crippen LogP contribution in [0.4, 0.5) is 5.69 Å². The zero-order chi connectivity index (χ0) is 12.1. The molecule has 1 aromatic rings. The number of hydrogen-bond acceptors (Lipinski definition) is 2. The summed E-state index contributed by atoms with van der Waals surface area (Å²) in [4.78, 5) is 11.8. The molecule has 0 unspecified atom stereocenters. The largest absolute Gasteiger partial charge is 0.392 e. The summed E-state index contributed by atoms with van der Waals surface area (Å²) in [6.07, 6.45) is 5.56. The molecule has 0 bridgehead atoms. The van der Waals surface area contributed by atoms with E-state index in [9.17, 15) is 4.79 Å². The lowest BCUT2D eigenvalue weighted by molar-refractivity contribution is -0.117. The highest BCUT2D eigenvalue weighted by Gasteiger charge is 2.18. The highest BCUT2D eigenvalue weighted by atomic mass is 16.3. The van der Waals surface area contributed by atoms with Gasteiger partial charge in [-0.25, -0.2) is 0 Å². The second-order valence-corrected chi connectivity index (χ2v) is 4.76. The van der Waals surface area contributed by atoms with Crippen LogP contribution in [0.15, 0.2) is 24.3 Å². The first-order chi connectivity index (χ1) is 8.28. The van der Waals surface area contributed by atoms with E-state index < -0.39 is 0 Å². The number of rotatable bonds is 4. The van der Waals surface area contributed by atoms with E-state index in [1.165, 1.54) is 25.7 Å². The minimum atomic E-state index is 0.0380. The van der Waals surface area contributed by atoms with Crippen LogP contribution in [0.1, 0.15) is 37.7 Å². The summed E-state index contributed by atoms with van der Waals surface area (Å²) in [7, 11) is 0. The van der Waals surface area contributed by atoms with Gasteiger partial charge < -0.3 is 10.4 Å². The molecule has 0 atom stereocenters. The van der Waals surface area contributed by atoms with Crippen molar-refractivity contribution in [1.82, 2.24) is 0 Å². The van der Waals surface area contributed by atoms with Crippen LogP contribution in [0.25, 0.3) is 0 Å². The lowest BCUT2D eigenvalue weighted by Crippen LogP contribution is -2.15. The van der Waals surface area contributed by atoms with Crippen molar-refractivity contribution in [2.45, 2.75) is 38.7 Å². The Labute approximate surface area is 102 Å². The topological polar surface area (TPSA) is 49.3 Å². The van der Waals surface area contributed by atoms with Crippen molar-refractivity contribution < 1.29 is 9.90 Å². The second kappa shape index (κ2) is 5.82. The lowest BCUT2D eigenvalue weighted by atomic mass is 10.0. The van der Waals surface area contributed by atoms with Crippen LogP contribution in [0.2, 0.25) is 0 Å². The smallest absolute Gasteiger partial charge is 0.224 e. The maximum absolute atomic E-state index is 11.8. The van der Waals surface area contributed by atoms with Crippen LogP contribution in [-0.4, -0.2) is 11.0 Å². The molecule has 1 aromatic carbocycles. The quantitative estimate of drug-likeness (QED) is 0.840. The van der Waals surface area contributed by atoms with Gasteiger partial charge in [-0.2, -0.15) is 0 Å². The first kappa shape index (κ1) is 12.1. The molecule has 1 saturated carbocycles. The number of anilines is 1. The number of carbonyl (C=O) groups excluding carboxylic acids is 1. The van der Waals surface area contributed by atoms with E-state index in [1.807, 2.05) is 24.3 Å². The molecule has 0 saturated heterocycles. The van der Waals surface area contributed by atoms with Crippen LogP contribution in [0.3, 0.4) is 0 Å². The Morgan fingerprint density at radius 1 is 1.24 bits per heavy atom. The van der Waals surface area contributed by atoms with Crippen molar-refractivity contribution in [3.05, 3.63) is 29.8 Å². The highest BCUT2D eigenvalue weighted by Crippen LogP contribution is 2.27. The number of carbonyl (C=O) groups is 1. The van der Waals surface area contributed by atoms with Gasteiger partial charge in [0.25, 0.3) is 0 Å². The molecule has 1 aliphatic rings. The maximum atomic E-state index is 11.8. The van der Waals surface area contributed by atoms with Gasteiger partial charge in [0.05, 0.1) is 6.61 Å². The molecule has 0 heterocycles. The molecular weight excluding hydrogens is 214 g/mol. The Bertz CT molecular complexity index is 366. The third-order valence-electron chi connectivity index (χ3n) is 3.37. The molecule has 1 amide bonds. The van der Waals surface area contributed by atoms with E-state index in [-0.39, 0.29) is 12.5 Å². The van der Waals surface area contributed by atoms with Gasteiger partial charge in [-0.1, -0.05) is 25.0 Å². The summed E-state index contributed by atoms with van der Waals surface area (Å²) in [5.41, 5.74) is 1.67. The fraction of sp³-hybridized carbons (Fsp3) is 0.500. The fourth-order valence-corrected chi connectivity index (χ4v) is 2.38. The van der Waals surface area contributed by atoms with E-state index >= 15 is 0 Å². The van der Waals surface area contributed by atoms with Crippen LogP contribution in [-0.2, 0) is 11.4 Å². The van der Waals surface area contributed by atoms with Gasteiger partial charge in [-0.3, -0.25) is 4.79 Å². The van der Waals surface area contributed by atoms with E-state index in [2.05, 4.69) is 5.32 Å². The Balaban J connectivity index is 1.84. The standard InChI is InChI=1S/C14H19NO2/c16-10-12-5-7-13(8-6-12)15-14(17)9-11-3-1-2-4-11/h5-8,11,16H,1-4,9-10H2,(H,15,17). The van der Waals surface area contributed by atoms with Crippen molar-refractivity contribution in [2.75, 3.05) is 5.32 Å². The van der Waals surface area contributed by atoms with Gasteiger partial charge in [-0.15, -0.1) is 0 Å².